The van der Waals surface area contributed by atoms with Gasteiger partial charge in [-0.1, -0.05) is 12.1 Å². The smallest absolute Gasteiger partial charge is 0.213 e. The largest absolute Gasteiger partial charge is 0.298 e. The van der Waals surface area contributed by atoms with Gasteiger partial charge in [-0.05, 0) is 44.2 Å². The van der Waals surface area contributed by atoms with E-state index in [1.807, 2.05) is 0 Å². The number of likely N-dealkylation sites (tertiary alicyclic amines) is 1. The molecule has 0 aromatic heterocycles. The van der Waals surface area contributed by atoms with Gasteiger partial charge < -0.3 is 0 Å². The first kappa shape index (κ1) is 17.8. The Kier molecular flexibility index (Phi) is 4.95. The summed E-state index contributed by atoms with van der Waals surface area (Å²) in [5, 5.41) is 0. The lowest BCUT2D eigenvalue weighted by atomic mass is 9.79. The molecule has 3 rings (SSSR count). The summed E-state index contributed by atoms with van der Waals surface area (Å²) in [6.07, 6.45) is 2.79. The number of piperidine rings is 1. The average molecular weight is 358 g/mol. The van der Waals surface area contributed by atoms with Crippen molar-refractivity contribution in [1.29, 1.82) is 0 Å². The molecule has 1 aromatic carbocycles. The Hall–Kier alpha value is -1.05. The van der Waals surface area contributed by atoms with Gasteiger partial charge in [0.15, 0.2) is 11.6 Å². The number of sulfonamides is 1. The van der Waals surface area contributed by atoms with Gasteiger partial charge in [-0.15, -0.1) is 0 Å². The van der Waals surface area contributed by atoms with Gasteiger partial charge in [-0.2, -0.15) is 0 Å². The van der Waals surface area contributed by atoms with Crippen LogP contribution in [-0.4, -0.2) is 49.6 Å². The van der Waals surface area contributed by atoms with E-state index in [0.717, 1.165) is 38.4 Å². The molecule has 2 heterocycles. The summed E-state index contributed by atoms with van der Waals surface area (Å²) in [6.45, 7) is 4.71. The van der Waals surface area contributed by atoms with Crippen LogP contribution in [0.25, 0.3) is 0 Å². The molecule has 0 saturated carbocycles. The molecule has 2 aliphatic rings. The van der Waals surface area contributed by atoms with Crippen molar-refractivity contribution < 1.29 is 17.2 Å². The van der Waals surface area contributed by atoms with E-state index in [0.29, 0.717) is 25.2 Å². The normalized spacial score (nSPS) is 26.3. The number of halogens is 2. The van der Waals surface area contributed by atoms with Crippen LogP contribution in [0.2, 0.25) is 0 Å². The van der Waals surface area contributed by atoms with Crippen molar-refractivity contribution >= 4 is 10.0 Å². The molecule has 2 fully saturated rings. The zero-order valence-electron chi connectivity index (χ0n) is 14.0. The summed E-state index contributed by atoms with van der Waals surface area (Å²) in [4.78, 5) is 2.13. The van der Waals surface area contributed by atoms with Crippen LogP contribution >= 0.6 is 0 Å². The number of nitrogens with zero attached hydrogens (tertiary/aromatic N) is 2. The highest BCUT2D eigenvalue weighted by molar-refractivity contribution is 7.89. The molecular weight excluding hydrogens is 334 g/mol. The predicted molar refractivity (Wildman–Crippen MR) is 89.0 cm³/mol. The zero-order chi connectivity index (χ0) is 17.4. The lowest BCUT2D eigenvalue weighted by molar-refractivity contribution is 0.0924. The lowest BCUT2D eigenvalue weighted by Crippen LogP contribution is -2.45. The summed E-state index contributed by atoms with van der Waals surface area (Å²) >= 11 is 0. The SMILES string of the molecule is CCS(=O)(=O)N1CCC2(CCCN(Cc3cccc(F)c3F)C2)C1. The predicted octanol–water partition coefficient (Wildman–Crippen LogP) is 2.60. The van der Waals surface area contributed by atoms with Crippen LogP contribution in [0.5, 0.6) is 0 Å². The van der Waals surface area contributed by atoms with Crippen molar-refractivity contribution in [2.75, 3.05) is 31.9 Å². The minimum Gasteiger partial charge on any atom is -0.298 e. The second kappa shape index (κ2) is 6.69. The van der Waals surface area contributed by atoms with Crippen molar-refractivity contribution in [3.05, 3.63) is 35.4 Å². The van der Waals surface area contributed by atoms with Crippen molar-refractivity contribution in [2.45, 2.75) is 32.7 Å². The first-order valence-corrected chi connectivity index (χ1v) is 10.1. The molecule has 134 valence electrons. The van der Waals surface area contributed by atoms with Crippen molar-refractivity contribution in [3.63, 3.8) is 0 Å². The molecule has 4 nitrogen and oxygen atoms in total. The van der Waals surface area contributed by atoms with E-state index >= 15 is 0 Å². The highest BCUT2D eigenvalue weighted by atomic mass is 32.2. The highest BCUT2D eigenvalue weighted by Gasteiger charge is 2.44. The second-order valence-electron chi connectivity index (χ2n) is 7.01. The van der Waals surface area contributed by atoms with Gasteiger partial charge in [0.1, 0.15) is 0 Å². The fraction of sp³-hybridized carbons (Fsp3) is 0.647. The third kappa shape index (κ3) is 3.48. The quantitative estimate of drug-likeness (QED) is 0.831. The highest BCUT2D eigenvalue weighted by Crippen LogP contribution is 2.40. The Balaban J connectivity index is 1.70. The monoisotopic (exact) mass is 358 g/mol. The van der Waals surface area contributed by atoms with Gasteiger partial charge in [-0.25, -0.2) is 21.5 Å². The first-order chi connectivity index (χ1) is 11.4. The molecule has 24 heavy (non-hydrogen) atoms. The number of rotatable bonds is 4. The molecule has 2 aliphatic heterocycles. The van der Waals surface area contributed by atoms with Crippen molar-refractivity contribution in [1.82, 2.24) is 9.21 Å². The van der Waals surface area contributed by atoms with E-state index in [-0.39, 0.29) is 11.2 Å². The maximum Gasteiger partial charge on any atom is 0.213 e. The van der Waals surface area contributed by atoms with Gasteiger partial charge in [-0.3, -0.25) is 4.90 Å². The van der Waals surface area contributed by atoms with Crippen LogP contribution in [0.15, 0.2) is 18.2 Å². The van der Waals surface area contributed by atoms with Gasteiger partial charge in [0, 0.05) is 31.7 Å². The molecular formula is C17H24F2N2O2S. The first-order valence-electron chi connectivity index (χ1n) is 8.48. The number of hydrogen-bond acceptors (Lipinski definition) is 3. The fourth-order valence-corrected chi connectivity index (χ4v) is 5.21. The molecule has 0 aliphatic carbocycles. The van der Waals surface area contributed by atoms with Gasteiger partial charge >= 0.3 is 0 Å². The van der Waals surface area contributed by atoms with E-state index in [9.17, 15) is 17.2 Å². The Labute approximate surface area is 142 Å². The van der Waals surface area contributed by atoms with E-state index < -0.39 is 21.7 Å². The third-order valence-corrected chi connectivity index (χ3v) is 7.16. The molecule has 0 radical (unpaired) electrons. The maximum atomic E-state index is 13.9. The maximum absolute atomic E-state index is 13.9. The van der Waals surface area contributed by atoms with Gasteiger partial charge in [0.25, 0.3) is 0 Å². The van der Waals surface area contributed by atoms with E-state index in [1.165, 1.54) is 6.07 Å². The fourth-order valence-electron chi connectivity index (χ4n) is 4.00. The Morgan fingerprint density at radius 1 is 1.17 bits per heavy atom. The lowest BCUT2D eigenvalue weighted by Gasteiger charge is -2.40. The molecule has 1 unspecified atom stereocenters. The molecule has 1 aromatic rings. The molecule has 0 bridgehead atoms. The minimum atomic E-state index is -3.16. The average Bonchev–Trinajstić information content (AvgIpc) is 2.96. The molecule has 1 atom stereocenters. The van der Waals surface area contributed by atoms with Gasteiger partial charge in [0.2, 0.25) is 10.0 Å². The summed E-state index contributed by atoms with van der Waals surface area (Å²) in [7, 11) is -3.16. The topological polar surface area (TPSA) is 40.6 Å². The van der Waals surface area contributed by atoms with Crippen molar-refractivity contribution in [2.24, 2.45) is 5.41 Å². The summed E-state index contributed by atoms with van der Waals surface area (Å²) in [5.41, 5.74) is 0.313. The summed E-state index contributed by atoms with van der Waals surface area (Å²) in [6, 6.07) is 4.27. The summed E-state index contributed by atoms with van der Waals surface area (Å²) in [5.74, 6) is -1.47. The molecule has 0 N–H and O–H groups in total. The van der Waals surface area contributed by atoms with Crippen LogP contribution in [0.4, 0.5) is 8.78 Å². The Morgan fingerprint density at radius 3 is 2.71 bits per heavy atom. The number of hydrogen-bond donors (Lipinski definition) is 0. The molecule has 0 amide bonds. The van der Waals surface area contributed by atoms with Crippen molar-refractivity contribution in [3.8, 4) is 0 Å². The Bertz CT molecular complexity index is 711. The molecule has 7 heteroatoms. The van der Waals surface area contributed by atoms with E-state index in [4.69, 9.17) is 0 Å². The van der Waals surface area contributed by atoms with E-state index in [1.54, 1.807) is 17.3 Å². The standard InChI is InChI=1S/C17H24F2N2O2S/c1-2-24(22,23)21-10-8-17(13-21)7-4-9-20(12-17)11-14-5-3-6-15(18)16(14)19/h3,5-6H,2,4,7-13H2,1H3. The summed E-state index contributed by atoms with van der Waals surface area (Å²) < 4.78 is 53.1. The van der Waals surface area contributed by atoms with Crippen LogP contribution in [0.1, 0.15) is 31.7 Å². The molecule has 1 spiro atoms. The van der Waals surface area contributed by atoms with Crippen LogP contribution < -0.4 is 0 Å². The zero-order valence-corrected chi connectivity index (χ0v) is 14.8. The van der Waals surface area contributed by atoms with Crippen LogP contribution in [-0.2, 0) is 16.6 Å². The Morgan fingerprint density at radius 2 is 1.96 bits per heavy atom. The van der Waals surface area contributed by atoms with Gasteiger partial charge in [0.05, 0.1) is 5.75 Å². The third-order valence-electron chi connectivity index (χ3n) is 5.33. The molecule has 2 saturated heterocycles. The second-order valence-corrected chi connectivity index (χ2v) is 9.27. The van der Waals surface area contributed by atoms with Crippen LogP contribution in [0, 0.1) is 17.0 Å². The van der Waals surface area contributed by atoms with E-state index in [2.05, 4.69) is 4.90 Å². The van der Waals surface area contributed by atoms with Crippen LogP contribution in [0.3, 0.4) is 0 Å². The minimum absolute atomic E-state index is 0.0513. The number of benzene rings is 1.